The predicted molar refractivity (Wildman–Crippen MR) is 65.1 cm³/mol. The van der Waals surface area contributed by atoms with Crippen molar-refractivity contribution in [2.45, 2.75) is 57.1 Å². The molecule has 0 amide bonds. The zero-order chi connectivity index (χ0) is 11.1. The number of methoxy groups -OCH3 is 1. The number of rotatable bonds is 7. The molecule has 0 saturated heterocycles. The third-order valence-electron chi connectivity index (χ3n) is 3.53. The van der Waals surface area contributed by atoms with E-state index in [4.69, 9.17) is 4.74 Å². The molecule has 0 spiro atoms. The zero-order valence-corrected chi connectivity index (χ0v) is 10.2. The van der Waals surface area contributed by atoms with Crippen LogP contribution in [0.2, 0.25) is 0 Å². The molecule has 2 nitrogen and oxygen atoms in total. The van der Waals surface area contributed by atoms with Gasteiger partial charge in [-0.05, 0) is 32.2 Å². The molecule has 0 radical (unpaired) electrons. The van der Waals surface area contributed by atoms with Gasteiger partial charge in [0.05, 0.1) is 5.60 Å². The fourth-order valence-corrected chi connectivity index (χ4v) is 2.64. The number of hydrogen-bond acceptors (Lipinski definition) is 2. The summed E-state index contributed by atoms with van der Waals surface area (Å²) in [5, 5.41) is 3.61. The Hall–Kier alpha value is -0.340. The topological polar surface area (TPSA) is 21.3 Å². The van der Waals surface area contributed by atoms with Crippen LogP contribution in [0.15, 0.2) is 12.7 Å². The van der Waals surface area contributed by atoms with Crippen LogP contribution >= 0.6 is 0 Å². The van der Waals surface area contributed by atoms with Gasteiger partial charge in [0, 0.05) is 13.2 Å². The highest BCUT2D eigenvalue weighted by molar-refractivity contribution is 4.99. The van der Waals surface area contributed by atoms with Gasteiger partial charge in [-0.15, -0.1) is 6.58 Å². The molecule has 0 aliphatic heterocycles. The van der Waals surface area contributed by atoms with Gasteiger partial charge in [-0.25, -0.2) is 0 Å². The maximum Gasteiger partial charge on any atom is 0.0834 e. The maximum atomic E-state index is 5.80. The Kier molecular flexibility index (Phi) is 5.34. The molecule has 1 fully saturated rings. The van der Waals surface area contributed by atoms with Crippen LogP contribution in [-0.4, -0.2) is 25.3 Å². The lowest BCUT2D eigenvalue weighted by atomic mass is 9.89. The highest BCUT2D eigenvalue weighted by Gasteiger charge is 2.40. The second kappa shape index (κ2) is 6.29. The molecule has 0 bridgehead atoms. The number of hydrogen-bond donors (Lipinski definition) is 1. The zero-order valence-electron chi connectivity index (χ0n) is 10.2. The molecule has 1 aliphatic rings. The van der Waals surface area contributed by atoms with E-state index in [0.717, 1.165) is 13.0 Å². The molecule has 15 heavy (non-hydrogen) atoms. The molecule has 2 heteroatoms. The van der Waals surface area contributed by atoms with Crippen molar-refractivity contribution in [3.8, 4) is 0 Å². The van der Waals surface area contributed by atoms with E-state index in [9.17, 15) is 0 Å². The summed E-state index contributed by atoms with van der Waals surface area (Å²) in [4.78, 5) is 0. The second-order valence-electron chi connectivity index (χ2n) is 4.51. The van der Waals surface area contributed by atoms with Crippen molar-refractivity contribution in [1.29, 1.82) is 0 Å². The Morgan fingerprint density at radius 1 is 1.47 bits per heavy atom. The monoisotopic (exact) mass is 211 g/mol. The lowest BCUT2D eigenvalue weighted by Crippen LogP contribution is -2.50. The van der Waals surface area contributed by atoms with Crippen molar-refractivity contribution >= 4 is 0 Å². The maximum absolute atomic E-state index is 5.80. The van der Waals surface area contributed by atoms with Gasteiger partial charge in [0.25, 0.3) is 0 Å². The highest BCUT2D eigenvalue weighted by Crippen LogP contribution is 2.36. The molecule has 1 rings (SSSR count). The normalized spacial score (nSPS) is 21.5. The largest absolute Gasteiger partial charge is 0.377 e. The summed E-state index contributed by atoms with van der Waals surface area (Å²) in [6.07, 6.45) is 9.18. The van der Waals surface area contributed by atoms with Crippen molar-refractivity contribution in [2.75, 3.05) is 13.7 Å². The van der Waals surface area contributed by atoms with Gasteiger partial charge >= 0.3 is 0 Å². The molecule has 0 aromatic heterocycles. The van der Waals surface area contributed by atoms with Gasteiger partial charge < -0.3 is 10.1 Å². The van der Waals surface area contributed by atoms with E-state index >= 15 is 0 Å². The summed E-state index contributed by atoms with van der Waals surface area (Å²) in [6, 6.07) is 0.447. The van der Waals surface area contributed by atoms with E-state index in [1.54, 1.807) is 0 Å². The van der Waals surface area contributed by atoms with Crippen LogP contribution in [0.1, 0.15) is 45.4 Å². The number of ether oxygens (including phenoxy) is 1. The van der Waals surface area contributed by atoms with Gasteiger partial charge in [-0.3, -0.25) is 0 Å². The Morgan fingerprint density at radius 2 is 2.13 bits per heavy atom. The van der Waals surface area contributed by atoms with E-state index in [2.05, 4.69) is 18.8 Å². The molecular formula is C13H25NO. The van der Waals surface area contributed by atoms with Crippen LogP contribution in [-0.2, 0) is 4.74 Å². The van der Waals surface area contributed by atoms with Gasteiger partial charge in [-0.1, -0.05) is 25.8 Å². The summed E-state index contributed by atoms with van der Waals surface area (Å²) < 4.78 is 5.80. The van der Waals surface area contributed by atoms with Gasteiger partial charge in [-0.2, -0.15) is 0 Å². The predicted octanol–water partition coefficient (Wildman–Crippen LogP) is 2.89. The molecule has 1 unspecified atom stereocenters. The van der Waals surface area contributed by atoms with Crippen molar-refractivity contribution in [1.82, 2.24) is 5.32 Å². The average molecular weight is 211 g/mol. The SMILES string of the molecule is C=CCC(NCCC)C1(OC)CCCC1. The van der Waals surface area contributed by atoms with Crippen LogP contribution in [0.4, 0.5) is 0 Å². The molecular weight excluding hydrogens is 186 g/mol. The molecule has 1 atom stereocenters. The van der Waals surface area contributed by atoms with E-state index in [0.29, 0.717) is 6.04 Å². The molecule has 1 N–H and O–H groups in total. The fraction of sp³-hybridized carbons (Fsp3) is 0.846. The van der Waals surface area contributed by atoms with Gasteiger partial charge in [0.15, 0.2) is 0 Å². The van der Waals surface area contributed by atoms with Crippen molar-refractivity contribution < 1.29 is 4.74 Å². The Morgan fingerprint density at radius 3 is 2.60 bits per heavy atom. The first-order valence-corrected chi connectivity index (χ1v) is 6.18. The lowest BCUT2D eigenvalue weighted by Gasteiger charge is -2.36. The second-order valence-corrected chi connectivity index (χ2v) is 4.51. The van der Waals surface area contributed by atoms with Crippen LogP contribution in [0.5, 0.6) is 0 Å². The summed E-state index contributed by atoms with van der Waals surface area (Å²) in [5.41, 5.74) is 0.0728. The standard InChI is InChI=1S/C13H25NO/c1-4-8-12(14-11-5-2)13(15-3)9-6-7-10-13/h4,12,14H,1,5-11H2,2-3H3. The highest BCUT2D eigenvalue weighted by atomic mass is 16.5. The van der Waals surface area contributed by atoms with Gasteiger partial charge in [0.1, 0.15) is 0 Å². The third kappa shape index (κ3) is 3.05. The minimum absolute atomic E-state index is 0.0728. The fourth-order valence-electron chi connectivity index (χ4n) is 2.64. The van der Waals surface area contributed by atoms with Crippen molar-refractivity contribution in [2.24, 2.45) is 0 Å². The third-order valence-corrected chi connectivity index (χ3v) is 3.53. The van der Waals surface area contributed by atoms with Crippen LogP contribution in [0.25, 0.3) is 0 Å². The van der Waals surface area contributed by atoms with Gasteiger partial charge in [0.2, 0.25) is 0 Å². The number of nitrogens with one attached hydrogen (secondary N) is 1. The van der Waals surface area contributed by atoms with Crippen LogP contribution in [0, 0.1) is 0 Å². The minimum Gasteiger partial charge on any atom is -0.377 e. The Labute approximate surface area is 94.1 Å². The lowest BCUT2D eigenvalue weighted by molar-refractivity contribution is -0.0347. The van der Waals surface area contributed by atoms with Crippen molar-refractivity contribution in [3.05, 3.63) is 12.7 Å². The molecule has 1 aliphatic carbocycles. The molecule has 0 heterocycles. The van der Waals surface area contributed by atoms with Crippen molar-refractivity contribution in [3.63, 3.8) is 0 Å². The Bertz CT molecular complexity index is 185. The summed E-state index contributed by atoms with van der Waals surface area (Å²) in [7, 11) is 1.86. The first-order valence-electron chi connectivity index (χ1n) is 6.18. The summed E-state index contributed by atoms with van der Waals surface area (Å²) in [6.45, 7) is 7.12. The molecule has 0 aromatic rings. The first-order chi connectivity index (χ1) is 7.29. The van der Waals surface area contributed by atoms with E-state index in [1.807, 2.05) is 13.2 Å². The minimum atomic E-state index is 0.0728. The quantitative estimate of drug-likeness (QED) is 0.654. The van der Waals surface area contributed by atoms with Crippen LogP contribution < -0.4 is 5.32 Å². The van der Waals surface area contributed by atoms with E-state index < -0.39 is 0 Å². The molecule has 88 valence electrons. The average Bonchev–Trinajstić information content (AvgIpc) is 2.74. The summed E-state index contributed by atoms with van der Waals surface area (Å²) >= 11 is 0. The molecule has 0 aromatic carbocycles. The van der Waals surface area contributed by atoms with E-state index in [1.165, 1.54) is 32.1 Å². The van der Waals surface area contributed by atoms with E-state index in [-0.39, 0.29) is 5.60 Å². The smallest absolute Gasteiger partial charge is 0.0834 e. The summed E-state index contributed by atoms with van der Waals surface area (Å²) in [5.74, 6) is 0. The Balaban J connectivity index is 2.61. The van der Waals surface area contributed by atoms with Crippen LogP contribution in [0.3, 0.4) is 0 Å². The first kappa shape index (κ1) is 12.7. The molecule has 1 saturated carbocycles.